The summed E-state index contributed by atoms with van der Waals surface area (Å²) in [6, 6.07) is 13.6. The van der Waals surface area contributed by atoms with E-state index in [-0.39, 0.29) is 5.95 Å². The van der Waals surface area contributed by atoms with Crippen molar-refractivity contribution in [1.82, 2.24) is 14.5 Å². The molecule has 5 N–H and O–H groups in total. The molecular weight excluding hydrogens is 368 g/mol. The van der Waals surface area contributed by atoms with E-state index in [9.17, 15) is 4.79 Å². The van der Waals surface area contributed by atoms with Crippen molar-refractivity contribution in [2.24, 2.45) is 5.84 Å². The van der Waals surface area contributed by atoms with Gasteiger partial charge in [-0.3, -0.25) is 4.57 Å². The molecule has 0 saturated carbocycles. The normalized spacial score (nSPS) is 11.7. The van der Waals surface area contributed by atoms with Crippen molar-refractivity contribution in [3.8, 4) is 11.1 Å². The highest BCUT2D eigenvalue weighted by Crippen LogP contribution is 2.30. The summed E-state index contributed by atoms with van der Waals surface area (Å²) < 4.78 is 6.98. The minimum Gasteiger partial charge on any atom is -0.443 e. The fourth-order valence-electron chi connectivity index (χ4n) is 3.23. The van der Waals surface area contributed by atoms with Crippen LogP contribution in [0.3, 0.4) is 0 Å². The number of fused-ring (bicyclic) bond motifs is 2. The van der Waals surface area contributed by atoms with Gasteiger partial charge in [0.25, 0.3) is 0 Å². The Labute approximate surface area is 167 Å². The fraction of sp³-hybridized carbons (Fsp3) is 0.190. The molecule has 29 heavy (non-hydrogen) atoms. The maximum atomic E-state index is 12.4. The number of carbonyl (C=O) groups is 1. The van der Waals surface area contributed by atoms with Gasteiger partial charge in [-0.1, -0.05) is 12.1 Å². The van der Waals surface area contributed by atoms with Crippen molar-refractivity contribution in [3.05, 3.63) is 48.7 Å². The first kappa shape index (κ1) is 18.7. The Hall–Kier alpha value is -3.65. The van der Waals surface area contributed by atoms with Crippen LogP contribution in [0.4, 0.5) is 16.6 Å². The number of anilines is 2. The SMILES string of the molecule is CC(C)(C)OC(=O)n1ccc2cc(-c3ccc4nc(N)nc(NN)c4c3)ccc21. The third kappa shape index (κ3) is 3.57. The minimum atomic E-state index is -0.557. The zero-order valence-electron chi connectivity index (χ0n) is 16.4. The van der Waals surface area contributed by atoms with Gasteiger partial charge in [-0.15, -0.1) is 0 Å². The van der Waals surface area contributed by atoms with Gasteiger partial charge in [-0.2, -0.15) is 4.98 Å². The molecule has 2 heterocycles. The zero-order valence-corrected chi connectivity index (χ0v) is 16.4. The maximum Gasteiger partial charge on any atom is 0.418 e. The van der Waals surface area contributed by atoms with Crippen LogP contribution >= 0.6 is 0 Å². The molecule has 0 bridgehead atoms. The van der Waals surface area contributed by atoms with Crippen molar-refractivity contribution >= 4 is 39.7 Å². The van der Waals surface area contributed by atoms with E-state index < -0.39 is 11.7 Å². The van der Waals surface area contributed by atoms with Crippen LogP contribution in [0.25, 0.3) is 32.9 Å². The average Bonchev–Trinajstić information content (AvgIpc) is 3.09. The first-order valence-electron chi connectivity index (χ1n) is 9.14. The Bertz CT molecular complexity index is 1240. The number of rotatable bonds is 2. The first-order valence-corrected chi connectivity index (χ1v) is 9.14. The van der Waals surface area contributed by atoms with E-state index in [2.05, 4.69) is 15.4 Å². The third-order valence-corrected chi connectivity index (χ3v) is 4.46. The van der Waals surface area contributed by atoms with Crippen LogP contribution in [0, 0.1) is 0 Å². The molecule has 8 nitrogen and oxygen atoms in total. The molecule has 8 heteroatoms. The van der Waals surface area contributed by atoms with Crippen LogP contribution in [0.5, 0.6) is 0 Å². The lowest BCUT2D eigenvalue weighted by Crippen LogP contribution is -2.26. The number of hydrazine groups is 1. The number of benzene rings is 2. The average molecular weight is 390 g/mol. The minimum absolute atomic E-state index is 0.156. The van der Waals surface area contributed by atoms with Crippen LogP contribution in [0.2, 0.25) is 0 Å². The topological polar surface area (TPSA) is 121 Å². The second kappa shape index (κ2) is 6.75. The number of nitrogen functional groups attached to an aromatic ring is 2. The number of hydrogen-bond donors (Lipinski definition) is 3. The van der Waals surface area contributed by atoms with Gasteiger partial charge in [0.2, 0.25) is 5.95 Å². The van der Waals surface area contributed by atoms with Crippen LogP contribution in [0.15, 0.2) is 48.7 Å². The number of ether oxygens (including phenoxy) is 1. The van der Waals surface area contributed by atoms with E-state index in [1.807, 2.05) is 63.2 Å². The molecule has 148 valence electrons. The standard InChI is InChI=1S/C21H22N6O2/c1-21(2,3)29-20(28)27-9-8-14-10-12(5-7-17(14)27)13-4-6-16-15(11-13)18(26-23)25-19(22)24-16/h4-11H,23H2,1-3H3,(H3,22,24,25,26). The summed E-state index contributed by atoms with van der Waals surface area (Å²) in [5.41, 5.74) is 11.2. The molecular formula is C21H22N6O2. The van der Waals surface area contributed by atoms with Gasteiger partial charge in [0, 0.05) is 17.0 Å². The number of aromatic nitrogens is 3. The summed E-state index contributed by atoms with van der Waals surface area (Å²) in [4.78, 5) is 20.8. The monoisotopic (exact) mass is 390 g/mol. The maximum absolute atomic E-state index is 12.4. The van der Waals surface area contributed by atoms with Gasteiger partial charge in [-0.25, -0.2) is 15.6 Å². The number of nitrogens with zero attached hydrogens (tertiary/aromatic N) is 3. The van der Waals surface area contributed by atoms with Crippen molar-refractivity contribution in [2.75, 3.05) is 11.2 Å². The zero-order chi connectivity index (χ0) is 20.8. The van der Waals surface area contributed by atoms with Crippen molar-refractivity contribution in [1.29, 1.82) is 0 Å². The Kier molecular flexibility index (Phi) is 4.35. The van der Waals surface area contributed by atoms with Gasteiger partial charge in [-0.05, 0) is 62.2 Å². The van der Waals surface area contributed by atoms with Gasteiger partial charge >= 0.3 is 6.09 Å². The first-order chi connectivity index (χ1) is 13.7. The van der Waals surface area contributed by atoms with Crippen molar-refractivity contribution in [2.45, 2.75) is 26.4 Å². The number of nitrogens with two attached hydrogens (primary N) is 2. The van der Waals surface area contributed by atoms with E-state index >= 15 is 0 Å². The quantitative estimate of drug-likeness (QED) is 0.350. The highest BCUT2D eigenvalue weighted by molar-refractivity contribution is 5.96. The summed E-state index contributed by atoms with van der Waals surface area (Å²) in [5, 5.41) is 1.70. The lowest BCUT2D eigenvalue weighted by molar-refractivity contribution is 0.0544. The Balaban J connectivity index is 1.75. The lowest BCUT2D eigenvalue weighted by Gasteiger charge is -2.19. The molecule has 2 aromatic heterocycles. The lowest BCUT2D eigenvalue weighted by atomic mass is 10.0. The van der Waals surface area contributed by atoms with Crippen LogP contribution in [0.1, 0.15) is 20.8 Å². The van der Waals surface area contributed by atoms with Crippen molar-refractivity contribution < 1.29 is 9.53 Å². The summed E-state index contributed by atoms with van der Waals surface area (Å²) in [5.74, 6) is 6.20. The molecule has 0 aliphatic heterocycles. The van der Waals surface area contributed by atoms with Crippen LogP contribution < -0.4 is 17.0 Å². The summed E-state index contributed by atoms with van der Waals surface area (Å²) in [7, 11) is 0. The molecule has 0 atom stereocenters. The van der Waals surface area contributed by atoms with E-state index in [4.69, 9.17) is 16.3 Å². The molecule has 0 radical (unpaired) electrons. The summed E-state index contributed by atoms with van der Waals surface area (Å²) >= 11 is 0. The largest absolute Gasteiger partial charge is 0.443 e. The van der Waals surface area contributed by atoms with E-state index in [0.29, 0.717) is 11.3 Å². The second-order valence-electron chi connectivity index (χ2n) is 7.75. The van der Waals surface area contributed by atoms with E-state index in [1.54, 1.807) is 6.20 Å². The molecule has 0 unspecified atom stereocenters. The van der Waals surface area contributed by atoms with Crippen LogP contribution in [-0.2, 0) is 4.74 Å². The molecule has 0 fully saturated rings. The second-order valence-corrected chi connectivity index (χ2v) is 7.75. The number of nitrogens with one attached hydrogen (secondary N) is 1. The van der Waals surface area contributed by atoms with Crippen LogP contribution in [-0.4, -0.2) is 26.2 Å². The summed E-state index contributed by atoms with van der Waals surface area (Å²) in [6.07, 6.45) is 1.31. The van der Waals surface area contributed by atoms with Gasteiger partial charge < -0.3 is 15.9 Å². The smallest absolute Gasteiger partial charge is 0.418 e. The third-order valence-electron chi connectivity index (χ3n) is 4.46. The molecule has 0 amide bonds. The molecule has 0 aliphatic rings. The van der Waals surface area contributed by atoms with E-state index in [1.165, 1.54) is 4.57 Å². The highest BCUT2D eigenvalue weighted by Gasteiger charge is 2.19. The predicted molar refractivity (Wildman–Crippen MR) is 114 cm³/mol. The number of hydrogen-bond acceptors (Lipinski definition) is 7. The molecule has 4 rings (SSSR count). The van der Waals surface area contributed by atoms with Gasteiger partial charge in [0.1, 0.15) is 5.60 Å². The highest BCUT2D eigenvalue weighted by atomic mass is 16.6. The molecule has 4 aromatic rings. The van der Waals surface area contributed by atoms with Crippen molar-refractivity contribution in [3.63, 3.8) is 0 Å². The Morgan fingerprint density at radius 2 is 1.79 bits per heavy atom. The van der Waals surface area contributed by atoms with Gasteiger partial charge in [0.05, 0.1) is 11.0 Å². The molecule has 2 aromatic carbocycles. The Morgan fingerprint density at radius 3 is 2.52 bits per heavy atom. The summed E-state index contributed by atoms with van der Waals surface area (Å²) in [6.45, 7) is 5.53. The fourth-order valence-corrected chi connectivity index (χ4v) is 3.23. The predicted octanol–water partition coefficient (Wildman–Crippen LogP) is 3.90. The Morgan fingerprint density at radius 1 is 1.07 bits per heavy atom. The van der Waals surface area contributed by atoms with Gasteiger partial charge in [0.15, 0.2) is 5.82 Å². The molecule has 0 spiro atoms. The molecule has 0 aliphatic carbocycles. The van der Waals surface area contributed by atoms with E-state index in [0.717, 1.165) is 27.4 Å². The molecule has 0 saturated heterocycles. The number of carbonyl (C=O) groups excluding carboxylic acids is 1.